The molecule has 32 heavy (non-hydrogen) atoms. The number of nitrogens with zero attached hydrogens (tertiary/aromatic N) is 3. The zero-order valence-corrected chi connectivity index (χ0v) is 18.6. The first-order valence-corrected chi connectivity index (χ1v) is 9.89. The van der Waals surface area contributed by atoms with E-state index in [2.05, 4.69) is 20.6 Å². The molecule has 166 valence electrons. The van der Waals surface area contributed by atoms with Crippen LogP contribution in [0.5, 0.6) is 23.0 Å². The van der Waals surface area contributed by atoms with E-state index in [1.165, 1.54) is 0 Å². The number of anilines is 3. The Hall–Kier alpha value is -4.14. The molecule has 0 aliphatic heterocycles. The molecule has 0 unspecified atom stereocenters. The summed E-state index contributed by atoms with van der Waals surface area (Å²) in [6.07, 6.45) is 1.73. The van der Waals surface area contributed by atoms with Gasteiger partial charge in [-0.1, -0.05) is 6.07 Å². The van der Waals surface area contributed by atoms with Gasteiger partial charge in [-0.25, -0.2) is 9.97 Å². The highest BCUT2D eigenvalue weighted by atomic mass is 16.5. The van der Waals surface area contributed by atoms with Crippen LogP contribution in [0, 0.1) is 0 Å². The van der Waals surface area contributed by atoms with Crippen LogP contribution in [0.3, 0.4) is 0 Å². The fourth-order valence-corrected chi connectivity index (χ4v) is 3.52. The van der Waals surface area contributed by atoms with Crippen molar-refractivity contribution in [3.05, 3.63) is 48.7 Å². The van der Waals surface area contributed by atoms with E-state index in [0.29, 0.717) is 29.0 Å². The second-order valence-electron chi connectivity index (χ2n) is 6.82. The van der Waals surface area contributed by atoms with Gasteiger partial charge < -0.3 is 29.6 Å². The van der Waals surface area contributed by atoms with E-state index < -0.39 is 0 Å². The van der Waals surface area contributed by atoms with Crippen LogP contribution < -0.4 is 29.6 Å². The second-order valence-corrected chi connectivity index (χ2v) is 6.82. The minimum Gasteiger partial charge on any atom is -0.497 e. The number of pyridine rings is 1. The van der Waals surface area contributed by atoms with Gasteiger partial charge in [0.05, 0.1) is 45.8 Å². The molecule has 4 aromatic rings. The van der Waals surface area contributed by atoms with Crippen molar-refractivity contribution in [1.29, 1.82) is 0 Å². The van der Waals surface area contributed by atoms with Crippen molar-refractivity contribution >= 4 is 28.5 Å². The smallest absolute Gasteiger partial charge is 0.208 e. The molecule has 0 saturated heterocycles. The third-order valence-electron chi connectivity index (χ3n) is 5.01. The Balaban J connectivity index is 1.85. The number of rotatable bonds is 8. The van der Waals surface area contributed by atoms with Gasteiger partial charge in [0.1, 0.15) is 17.1 Å². The fourth-order valence-electron chi connectivity index (χ4n) is 3.52. The van der Waals surface area contributed by atoms with E-state index in [1.807, 2.05) is 54.1 Å². The van der Waals surface area contributed by atoms with E-state index in [1.54, 1.807) is 34.6 Å². The summed E-state index contributed by atoms with van der Waals surface area (Å²) in [5, 5.41) is 6.46. The Labute approximate surface area is 185 Å². The number of imidazole rings is 1. The molecule has 2 heterocycles. The number of benzene rings is 2. The molecule has 9 heteroatoms. The van der Waals surface area contributed by atoms with Crippen molar-refractivity contribution in [2.75, 3.05) is 46.1 Å². The average molecular weight is 435 g/mol. The summed E-state index contributed by atoms with van der Waals surface area (Å²) in [7, 11) is 8.21. The zero-order valence-electron chi connectivity index (χ0n) is 18.6. The van der Waals surface area contributed by atoms with Crippen LogP contribution >= 0.6 is 0 Å². The van der Waals surface area contributed by atoms with Crippen molar-refractivity contribution in [1.82, 2.24) is 14.5 Å². The van der Waals surface area contributed by atoms with E-state index >= 15 is 0 Å². The summed E-state index contributed by atoms with van der Waals surface area (Å²) in [6, 6.07) is 13.3. The SMILES string of the molecule is CNc1nc2cnc(Nc3cccc(OC)c3)cc2n1-c1cc(OC)c(OC)c(OC)c1. The standard InChI is InChI=1S/C23H25N5O4/c1-24-23-27-17-13-25-21(26-14-7-6-8-16(9-14)29-2)12-18(17)28(23)15-10-19(30-3)22(32-5)20(11-15)31-4/h6-13H,1-5H3,(H,24,27)(H,25,26). The summed E-state index contributed by atoms with van der Waals surface area (Å²) in [4.78, 5) is 9.18. The van der Waals surface area contributed by atoms with Gasteiger partial charge in [0.2, 0.25) is 11.7 Å². The zero-order chi connectivity index (χ0) is 22.7. The molecule has 4 rings (SSSR count). The highest BCUT2D eigenvalue weighted by Gasteiger charge is 2.18. The Kier molecular flexibility index (Phi) is 5.89. The predicted octanol–water partition coefficient (Wildman–Crippen LogP) is 4.24. The van der Waals surface area contributed by atoms with Gasteiger partial charge in [-0.15, -0.1) is 0 Å². The highest BCUT2D eigenvalue weighted by Crippen LogP contribution is 2.40. The van der Waals surface area contributed by atoms with Crippen LogP contribution in [0.4, 0.5) is 17.5 Å². The van der Waals surface area contributed by atoms with Crippen molar-refractivity contribution in [3.63, 3.8) is 0 Å². The predicted molar refractivity (Wildman–Crippen MR) is 124 cm³/mol. The number of nitrogens with one attached hydrogen (secondary N) is 2. The van der Waals surface area contributed by atoms with Gasteiger partial charge in [-0.2, -0.15) is 0 Å². The number of aromatic nitrogens is 3. The van der Waals surface area contributed by atoms with E-state index in [9.17, 15) is 0 Å². The molecule has 0 aliphatic carbocycles. The second kappa shape index (κ2) is 8.93. The van der Waals surface area contributed by atoms with Gasteiger partial charge in [-0.05, 0) is 12.1 Å². The Morgan fingerprint density at radius 1 is 0.875 bits per heavy atom. The summed E-state index contributed by atoms with van der Waals surface area (Å²) >= 11 is 0. The number of hydrogen-bond acceptors (Lipinski definition) is 8. The first-order chi connectivity index (χ1) is 15.6. The fraction of sp³-hybridized carbons (Fsp3) is 0.217. The minimum absolute atomic E-state index is 0.524. The topological polar surface area (TPSA) is 91.7 Å². The molecular weight excluding hydrogens is 410 g/mol. The molecule has 2 N–H and O–H groups in total. The largest absolute Gasteiger partial charge is 0.497 e. The van der Waals surface area contributed by atoms with Crippen LogP contribution in [0.2, 0.25) is 0 Å². The first kappa shape index (κ1) is 21.1. The highest BCUT2D eigenvalue weighted by molar-refractivity contribution is 5.84. The molecule has 0 bridgehead atoms. The lowest BCUT2D eigenvalue weighted by Crippen LogP contribution is -2.04. The van der Waals surface area contributed by atoms with E-state index in [0.717, 1.165) is 28.2 Å². The molecule has 2 aromatic carbocycles. The Morgan fingerprint density at radius 3 is 2.25 bits per heavy atom. The number of hydrogen-bond donors (Lipinski definition) is 2. The Morgan fingerprint density at radius 2 is 1.62 bits per heavy atom. The van der Waals surface area contributed by atoms with Gasteiger partial charge in [0, 0.05) is 37.0 Å². The van der Waals surface area contributed by atoms with Crippen LogP contribution in [-0.4, -0.2) is 50.0 Å². The molecular formula is C23H25N5O4. The molecule has 0 radical (unpaired) electrons. The lowest BCUT2D eigenvalue weighted by molar-refractivity contribution is 0.324. The average Bonchev–Trinajstić information content (AvgIpc) is 3.21. The maximum atomic E-state index is 5.53. The number of fused-ring (bicyclic) bond motifs is 1. The quantitative estimate of drug-likeness (QED) is 0.425. The summed E-state index contributed by atoms with van der Waals surface area (Å²) in [5.74, 6) is 3.70. The van der Waals surface area contributed by atoms with Crippen LogP contribution in [-0.2, 0) is 0 Å². The molecule has 0 amide bonds. The normalized spacial score (nSPS) is 10.7. The maximum absolute atomic E-state index is 5.53. The number of methoxy groups -OCH3 is 4. The molecule has 0 spiro atoms. The summed E-state index contributed by atoms with van der Waals surface area (Å²) in [5.41, 5.74) is 3.25. The van der Waals surface area contributed by atoms with E-state index in [4.69, 9.17) is 18.9 Å². The van der Waals surface area contributed by atoms with Gasteiger partial charge in [0.15, 0.2) is 11.5 Å². The van der Waals surface area contributed by atoms with E-state index in [-0.39, 0.29) is 0 Å². The maximum Gasteiger partial charge on any atom is 0.208 e. The van der Waals surface area contributed by atoms with Gasteiger partial charge in [-0.3, -0.25) is 4.57 Å². The van der Waals surface area contributed by atoms with Crippen LogP contribution in [0.1, 0.15) is 0 Å². The van der Waals surface area contributed by atoms with Crippen LogP contribution in [0.25, 0.3) is 16.7 Å². The third kappa shape index (κ3) is 3.80. The van der Waals surface area contributed by atoms with Crippen molar-refractivity contribution in [2.45, 2.75) is 0 Å². The monoisotopic (exact) mass is 435 g/mol. The summed E-state index contributed by atoms with van der Waals surface area (Å²) in [6.45, 7) is 0. The molecule has 0 atom stereocenters. The van der Waals surface area contributed by atoms with Crippen molar-refractivity contribution in [2.24, 2.45) is 0 Å². The lowest BCUT2D eigenvalue weighted by Gasteiger charge is -2.16. The minimum atomic E-state index is 0.524. The van der Waals surface area contributed by atoms with Gasteiger partial charge >= 0.3 is 0 Å². The van der Waals surface area contributed by atoms with Crippen molar-refractivity contribution in [3.8, 4) is 28.7 Å². The molecule has 9 nitrogen and oxygen atoms in total. The summed E-state index contributed by atoms with van der Waals surface area (Å²) < 4.78 is 23.8. The lowest BCUT2D eigenvalue weighted by atomic mass is 10.2. The molecule has 0 fully saturated rings. The Bertz CT molecular complexity index is 1230. The van der Waals surface area contributed by atoms with Gasteiger partial charge in [0.25, 0.3) is 0 Å². The number of ether oxygens (including phenoxy) is 4. The third-order valence-corrected chi connectivity index (χ3v) is 5.01. The van der Waals surface area contributed by atoms with Crippen LogP contribution in [0.15, 0.2) is 48.7 Å². The molecule has 0 saturated carbocycles. The molecule has 2 aromatic heterocycles. The first-order valence-electron chi connectivity index (χ1n) is 9.89. The molecule has 0 aliphatic rings. The van der Waals surface area contributed by atoms with Crippen molar-refractivity contribution < 1.29 is 18.9 Å².